The van der Waals surface area contributed by atoms with Crippen LogP contribution in [0, 0.1) is 0 Å². The number of fused-ring (bicyclic) bond motifs is 1. The van der Waals surface area contributed by atoms with Crippen LogP contribution < -0.4 is 14.2 Å². The number of nitrogens with zero attached hydrogens (tertiary/aromatic N) is 2. The van der Waals surface area contributed by atoms with Crippen molar-refractivity contribution in [3.8, 4) is 23.0 Å². The third-order valence-electron chi connectivity index (χ3n) is 5.09. The quantitative estimate of drug-likeness (QED) is 0.667. The average Bonchev–Trinajstić information content (AvgIpc) is 2.90. The van der Waals surface area contributed by atoms with E-state index >= 15 is 0 Å². The van der Waals surface area contributed by atoms with E-state index in [-0.39, 0.29) is 5.91 Å². The lowest BCUT2D eigenvalue weighted by Crippen LogP contribution is -2.16. The van der Waals surface area contributed by atoms with E-state index in [0.29, 0.717) is 35.2 Å². The molecule has 144 valence electrons. The van der Waals surface area contributed by atoms with Gasteiger partial charge in [-0.25, -0.2) is 0 Å². The summed E-state index contributed by atoms with van der Waals surface area (Å²) in [5.41, 5.74) is 3.81. The molecule has 0 unspecified atom stereocenters. The van der Waals surface area contributed by atoms with Gasteiger partial charge in [-0.05, 0) is 48.5 Å². The predicted molar refractivity (Wildman–Crippen MR) is 108 cm³/mol. The molecule has 0 saturated carbocycles. The minimum Gasteiger partial charge on any atom is -0.493 e. The van der Waals surface area contributed by atoms with Gasteiger partial charge in [-0.15, -0.1) is 0 Å². The largest absolute Gasteiger partial charge is 0.493 e. The molecule has 0 N–H and O–H groups in total. The molecule has 3 aromatic rings. The second-order valence-corrected chi connectivity index (χ2v) is 6.82. The Hall–Kier alpha value is -3.80. The van der Waals surface area contributed by atoms with Gasteiger partial charge in [-0.3, -0.25) is 9.78 Å². The Bertz CT molecular complexity index is 1160. The van der Waals surface area contributed by atoms with E-state index in [1.165, 1.54) is 0 Å². The first kappa shape index (κ1) is 17.3. The van der Waals surface area contributed by atoms with Gasteiger partial charge in [-0.1, -0.05) is 6.07 Å². The molecule has 6 nitrogen and oxygen atoms in total. The normalized spacial score (nSPS) is 13.8. The maximum Gasteiger partial charge on any atom is 0.258 e. The Balaban J connectivity index is 1.55. The summed E-state index contributed by atoms with van der Waals surface area (Å²) in [6.45, 7) is 0.369. The molecular formula is C23H18N2O4. The lowest BCUT2D eigenvalue weighted by atomic mass is 10.1. The van der Waals surface area contributed by atoms with E-state index < -0.39 is 0 Å². The van der Waals surface area contributed by atoms with Gasteiger partial charge in [0.15, 0.2) is 11.5 Å². The zero-order valence-corrected chi connectivity index (χ0v) is 16.0. The molecule has 0 spiro atoms. The van der Waals surface area contributed by atoms with Gasteiger partial charge in [0.25, 0.3) is 5.91 Å². The van der Waals surface area contributed by atoms with Crippen molar-refractivity contribution >= 4 is 17.7 Å². The van der Waals surface area contributed by atoms with Crippen LogP contribution in [0.3, 0.4) is 0 Å². The summed E-state index contributed by atoms with van der Waals surface area (Å²) in [6, 6.07) is 14.9. The van der Waals surface area contributed by atoms with Crippen LogP contribution in [0.1, 0.15) is 27.2 Å². The van der Waals surface area contributed by atoms with Gasteiger partial charge in [0.05, 0.1) is 29.6 Å². The highest BCUT2D eigenvalue weighted by molar-refractivity contribution is 6.13. The molecular weight excluding hydrogens is 368 g/mol. The van der Waals surface area contributed by atoms with Gasteiger partial charge in [-0.2, -0.15) is 0 Å². The molecule has 0 radical (unpaired) electrons. The highest BCUT2D eigenvalue weighted by atomic mass is 16.5. The SMILES string of the molecule is COc1ccc2c3c1Oc1ccc(OCc4ccccn4)cc1C=C3N(C)C2=O. The van der Waals surface area contributed by atoms with Crippen molar-refractivity contribution in [3.05, 3.63) is 77.1 Å². The van der Waals surface area contributed by atoms with Crippen molar-refractivity contribution in [1.82, 2.24) is 9.88 Å². The van der Waals surface area contributed by atoms with Crippen molar-refractivity contribution in [2.24, 2.45) is 0 Å². The number of pyridine rings is 1. The van der Waals surface area contributed by atoms with Crippen LogP contribution in [0.5, 0.6) is 23.0 Å². The first-order valence-corrected chi connectivity index (χ1v) is 9.21. The minimum atomic E-state index is -0.0650. The number of rotatable bonds is 4. The molecule has 6 heteroatoms. The summed E-state index contributed by atoms with van der Waals surface area (Å²) in [5, 5.41) is 0. The molecule has 0 aliphatic carbocycles. The molecule has 29 heavy (non-hydrogen) atoms. The summed E-state index contributed by atoms with van der Waals surface area (Å²) in [7, 11) is 3.35. The van der Waals surface area contributed by atoms with Crippen LogP contribution in [0.4, 0.5) is 0 Å². The van der Waals surface area contributed by atoms with E-state index in [1.54, 1.807) is 37.4 Å². The Morgan fingerprint density at radius 1 is 1.14 bits per heavy atom. The number of hydrogen-bond donors (Lipinski definition) is 0. The third kappa shape index (κ3) is 2.81. The molecule has 0 fully saturated rings. The summed E-state index contributed by atoms with van der Waals surface area (Å²) in [4.78, 5) is 18.6. The first-order valence-electron chi connectivity index (χ1n) is 9.21. The molecule has 5 rings (SSSR count). The minimum absolute atomic E-state index is 0.0650. The van der Waals surface area contributed by atoms with Crippen molar-refractivity contribution in [2.75, 3.05) is 14.2 Å². The van der Waals surface area contributed by atoms with Crippen LogP contribution in [0.25, 0.3) is 11.8 Å². The number of methoxy groups -OCH3 is 1. The number of carbonyl (C=O) groups excluding carboxylic acids is 1. The molecule has 0 atom stereocenters. The van der Waals surface area contributed by atoms with Gasteiger partial charge in [0.1, 0.15) is 18.1 Å². The Labute approximate surface area is 168 Å². The number of aromatic nitrogens is 1. The van der Waals surface area contributed by atoms with E-state index in [9.17, 15) is 4.79 Å². The highest BCUT2D eigenvalue weighted by Gasteiger charge is 2.36. The van der Waals surface area contributed by atoms with Crippen molar-refractivity contribution in [3.63, 3.8) is 0 Å². The van der Waals surface area contributed by atoms with Crippen molar-refractivity contribution in [1.29, 1.82) is 0 Å². The third-order valence-corrected chi connectivity index (χ3v) is 5.09. The topological polar surface area (TPSA) is 60.9 Å². The molecule has 2 aromatic carbocycles. The van der Waals surface area contributed by atoms with Crippen LogP contribution >= 0.6 is 0 Å². The Morgan fingerprint density at radius 2 is 2.03 bits per heavy atom. The summed E-state index contributed by atoms with van der Waals surface area (Å²) in [6.07, 6.45) is 3.69. The van der Waals surface area contributed by atoms with Gasteiger partial charge in [0, 0.05) is 18.8 Å². The molecule has 1 amide bonds. The Kier molecular flexibility index (Phi) is 3.98. The Morgan fingerprint density at radius 3 is 2.83 bits per heavy atom. The van der Waals surface area contributed by atoms with Gasteiger partial charge < -0.3 is 19.1 Å². The second kappa shape index (κ2) is 6.67. The number of ether oxygens (including phenoxy) is 3. The lowest BCUT2D eigenvalue weighted by molar-refractivity contribution is 0.0875. The summed E-state index contributed by atoms with van der Waals surface area (Å²) in [5.74, 6) is 2.44. The molecule has 3 heterocycles. The molecule has 0 bridgehead atoms. The van der Waals surface area contributed by atoms with Crippen LogP contribution in [-0.2, 0) is 6.61 Å². The van der Waals surface area contributed by atoms with Gasteiger partial charge in [0.2, 0.25) is 0 Å². The number of amides is 1. The van der Waals surface area contributed by atoms with Crippen molar-refractivity contribution in [2.45, 2.75) is 6.61 Å². The first-order chi connectivity index (χ1) is 14.2. The number of hydrogen-bond acceptors (Lipinski definition) is 5. The maximum absolute atomic E-state index is 12.7. The van der Waals surface area contributed by atoms with Crippen LogP contribution in [0.2, 0.25) is 0 Å². The molecule has 0 saturated heterocycles. The average molecular weight is 386 g/mol. The maximum atomic E-state index is 12.7. The van der Waals surface area contributed by atoms with Crippen LogP contribution in [-0.4, -0.2) is 29.9 Å². The fraction of sp³-hybridized carbons (Fsp3) is 0.130. The standard InChI is InChI=1S/C23H18N2O4/c1-25-18-12-14-11-16(28-13-15-5-3-4-10-24-15)6-8-19(14)29-22-20(27-2)9-7-17(21(18)22)23(25)26/h3-12H,13H2,1-2H3. The van der Waals surface area contributed by atoms with E-state index in [4.69, 9.17) is 14.2 Å². The number of benzene rings is 2. The highest BCUT2D eigenvalue weighted by Crippen LogP contribution is 2.49. The van der Waals surface area contributed by atoms with Crippen LogP contribution in [0.15, 0.2) is 54.7 Å². The summed E-state index contributed by atoms with van der Waals surface area (Å²) < 4.78 is 17.6. The second-order valence-electron chi connectivity index (χ2n) is 6.82. The monoisotopic (exact) mass is 386 g/mol. The zero-order chi connectivity index (χ0) is 20.0. The van der Waals surface area contributed by atoms with E-state index in [1.807, 2.05) is 42.5 Å². The van der Waals surface area contributed by atoms with E-state index in [2.05, 4.69) is 4.98 Å². The summed E-state index contributed by atoms with van der Waals surface area (Å²) >= 11 is 0. The predicted octanol–water partition coefficient (Wildman–Crippen LogP) is 4.36. The lowest BCUT2D eigenvalue weighted by Gasteiger charge is -2.14. The zero-order valence-electron chi connectivity index (χ0n) is 16.0. The molecule has 2 aliphatic rings. The number of carbonyl (C=O) groups is 1. The van der Waals surface area contributed by atoms with Crippen molar-refractivity contribution < 1.29 is 19.0 Å². The van der Waals surface area contributed by atoms with E-state index in [0.717, 1.165) is 22.5 Å². The fourth-order valence-corrected chi connectivity index (χ4v) is 3.61. The molecule has 1 aromatic heterocycles. The molecule has 2 aliphatic heterocycles. The van der Waals surface area contributed by atoms with Gasteiger partial charge >= 0.3 is 0 Å². The smallest absolute Gasteiger partial charge is 0.258 e. The fourth-order valence-electron chi connectivity index (χ4n) is 3.61.